The van der Waals surface area contributed by atoms with Crippen LogP contribution in [0, 0.1) is 27.7 Å². The second kappa shape index (κ2) is 6.83. The van der Waals surface area contributed by atoms with E-state index in [1.165, 1.54) is 11.3 Å². The Kier molecular flexibility index (Phi) is 5.05. The molecule has 23 heavy (non-hydrogen) atoms. The highest BCUT2D eigenvalue weighted by atomic mass is 32.1. The summed E-state index contributed by atoms with van der Waals surface area (Å²) in [5, 5.41) is 3.18. The van der Waals surface area contributed by atoms with E-state index in [0.717, 1.165) is 21.6 Å². The molecular formula is C17H20N2O3S. The van der Waals surface area contributed by atoms with Crippen LogP contribution < -0.4 is 15.8 Å². The molecule has 122 valence electrons. The number of nitrogens with two attached hydrogens (primary N) is 1. The van der Waals surface area contributed by atoms with Crippen molar-refractivity contribution in [2.24, 2.45) is 5.73 Å². The average molecular weight is 332 g/mol. The first-order valence-corrected chi connectivity index (χ1v) is 8.01. The third kappa shape index (κ3) is 3.90. The molecule has 2 aromatic rings. The molecule has 3 N–H and O–H groups in total. The summed E-state index contributed by atoms with van der Waals surface area (Å²) in [4.78, 5) is 24.5. The molecular weight excluding hydrogens is 312 g/mol. The topological polar surface area (TPSA) is 81.4 Å². The van der Waals surface area contributed by atoms with Crippen LogP contribution in [0.5, 0.6) is 5.75 Å². The number of hydrogen-bond acceptors (Lipinski definition) is 4. The molecule has 5 nitrogen and oxygen atoms in total. The number of rotatable bonds is 5. The van der Waals surface area contributed by atoms with Gasteiger partial charge in [-0.2, -0.15) is 0 Å². The first-order chi connectivity index (χ1) is 10.8. The van der Waals surface area contributed by atoms with E-state index in [9.17, 15) is 9.59 Å². The van der Waals surface area contributed by atoms with Gasteiger partial charge in [0.1, 0.15) is 10.8 Å². The van der Waals surface area contributed by atoms with E-state index in [1.807, 2.05) is 45.9 Å². The van der Waals surface area contributed by atoms with Crippen molar-refractivity contribution in [1.82, 2.24) is 0 Å². The van der Waals surface area contributed by atoms with Crippen molar-refractivity contribution in [3.05, 3.63) is 45.3 Å². The monoisotopic (exact) mass is 332 g/mol. The van der Waals surface area contributed by atoms with Crippen LogP contribution in [0.4, 0.5) is 5.00 Å². The van der Waals surface area contributed by atoms with Crippen molar-refractivity contribution in [2.75, 3.05) is 11.9 Å². The number of amides is 2. The quantitative estimate of drug-likeness (QED) is 0.883. The minimum absolute atomic E-state index is 0.128. The first-order valence-electron chi connectivity index (χ1n) is 7.19. The van der Waals surface area contributed by atoms with Crippen LogP contribution in [-0.4, -0.2) is 18.4 Å². The predicted molar refractivity (Wildman–Crippen MR) is 92.4 cm³/mol. The summed E-state index contributed by atoms with van der Waals surface area (Å²) in [6, 6.07) is 5.65. The number of hydrogen-bond donors (Lipinski definition) is 2. The van der Waals surface area contributed by atoms with E-state index < -0.39 is 5.91 Å². The molecule has 0 spiro atoms. The second-order valence-electron chi connectivity index (χ2n) is 5.43. The third-order valence-electron chi connectivity index (χ3n) is 3.73. The largest absolute Gasteiger partial charge is 0.484 e. The summed E-state index contributed by atoms with van der Waals surface area (Å²) < 4.78 is 5.49. The summed E-state index contributed by atoms with van der Waals surface area (Å²) in [5.41, 5.74) is 8.82. The van der Waals surface area contributed by atoms with Crippen molar-refractivity contribution in [2.45, 2.75) is 27.7 Å². The number of benzene rings is 1. The highest BCUT2D eigenvalue weighted by Crippen LogP contribution is 2.31. The lowest BCUT2D eigenvalue weighted by Crippen LogP contribution is -2.22. The van der Waals surface area contributed by atoms with Crippen molar-refractivity contribution in [3.8, 4) is 5.75 Å². The molecule has 0 atom stereocenters. The highest BCUT2D eigenvalue weighted by molar-refractivity contribution is 7.16. The molecule has 0 unspecified atom stereocenters. The van der Waals surface area contributed by atoms with Gasteiger partial charge < -0.3 is 15.8 Å². The fourth-order valence-electron chi connectivity index (χ4n) is 2.13. The van der Waals surface area contributed by atoms with E-state index >= 15 is 0 Å². The summed E-state index contributed by atoms with van der Waals surface area (Å²) in [6.45, 7) is 7.56. The molecule has 2 amide bonds. The van der Waals surface area contributed by atoms with Gasteiger partial charge in [-0.15, -0.1) is 11.3 Å². The predicted octanol–water partition coefficient (Wildman–Crippen LogP) is 3.10. The maximum atomic E-state index is 12.1. The molecule has 0 saturated heterocycles. The van der Waals surface area contributed by atoms with Crippen molar-refractivity contribution in [3.63, 3.8) is 0 Å². The van der Waals surface area contributed by atoms with Crippen LogP contribution >= 0.6 is 11.3 Å². The maximum Gasteiger partial charge on any atom is 0.262 e. The van der Waals surface area contributed by atoms with Crippen LogP contribution in [0.25, 0.3) is 0 Å². The van der Waals surface area contributed by atoms with Gasteiger partial charge in [-0.1, -0.05) is 6.07 Å². The summed E-state index contributed by atoms with van der Waals surface area (Å²) in [7, 11) is 0. The van der Waals surface area contributed by atoms with Crippen LogP contribution in [0.15, 0.2) is 18.2 Å². The smallest absolute Gasteiger partial charge is 0.262 e. The number of ether oxygens (including phenoxy) is 1. The molecule has 0 fully saturated rings. The van der Waals surface area contributed by atoms with Crippen LogP contribution in [0.3, 0.4) is 0 Å². The fourth-order valence-corrected chi connectivity index (χ4v) is 3.21. The van der Waals surface area contributed by atoms with E-state index in [-0.39, 0.29) is 12.5 Å². The van der Waals surface area contributed by atoms with Gasteiger partial charge >= 0.3 is 0 Å². The molecule has 0 radical (unpaired) electrons. The van der Waals surface area contributed by atoms with E-state index in [4.69, 9.17) is 10.5 Å². The zero-order valence-corrected chi connectivity index (χ0v) is 14.5. The third-order valence-corrected chi connectivity index (χ3v) is 4.86. The molecule has 0 saturated carbocycles. The Balaban J connectivity index is 2.04. The number of thiophene rings is 1. The van der Waals surface area contributed by atoms with Crippen molar-refractivity contribution < 1.29 is 14.3 Å². The molecule has 1 heterocycles. The number of carbonyl (C=O) groups is 2. The number of nitrogens with one attached hydrogen (secondary N) is 1. The summed E-state index contributed by atoms with van der Waals surface area (Å²) in [5.74, 6) is -0.235. The molecule has 1 aromatic heterocycles. The Hall–Kier alpha value is -2.34. The minimum atomic E-state index is -0.544. The Labute approximate surface area is 139 Å². The molecule has 2 rings (SSSR count). The van der Waals surface area contributed by atoms with Gasteiger partial charge in [0.05, 0.1) is 5.56 Å². The van der Waals surface area contributed by atoms with Crippen LogP contribution in [0.1, 0.15) is 31.9 Å². The Morgan fingerprint density at radius 2 is 1.87 bits per heavy atom. The van der Waals surface area contributed by atoms with Gasteiger partial charge in [-0.3, -0.25) is 9.59 Å². The standard InChI is InChI=1S/C17H20N2O3S/c1-9-5-6-13(7-10(9)2)22-8-14(20)19-17-15(16(18)21)11(3)12(4)23-17/h5-7H,8H2,1-4H3,(H2,18,21)(H,19,20). The van der Waals surface area contributed by atoms with Crippen molar-refractivity contribution in [1.29, 1.82) is 0 Å². The molecule has 1 aromatic carbocycles. The molecule has 0 aliphatic carbocycles. The maximum absolute atomic E-state index is 12.1. The SMILES string of the molecule is Cc1ccc(OCC(=O)Nc2sc(C)c(C)c2C(N)=O)cc1C. The summed E-state index contributed by atoms with van der Waals surface area (Å²) in [6.07, 6.45) is 0. The first kappa shape index (κ1) is 17.0. The van der Waals surface area contributed by atoms with E-state index in [2.05, 4.69) is 5.32 Å². The lowest BCUT2D eigenvalue weighted by molar-refractivity contribution is -0.118. The zero-order chi connectivity index (χ0) is 17.1. The van der Waals surface area contributed by atoms with Crippen molar-refractivity contribution >= 4 is 28.2 Å². The molecule has 6 heteroatoms. The fraction of sp³-hybridized carbons (Fsp3) is 0.294. The molecule has 0 aliphatic heterocycles. The van der Waals surface area contributed by atoms with E-state index in [0.29, 0.717) is 16.3 Å². The van der Waals surface area contributed by atoms with Gasteiger partial charge in [0.25, 0.3) is 11.8 Å². The average Bonchev–Trinajstić information content (AvgIpc) is 2.75. The summed E-state index contributed by atoms with van der Waals surface area (Å²) >= 11 is 1.34. The number of primary amides is 1. The van der Waals surface area contributed by atoms with E-state index in [1.54, 1.807) is 0 Å². The van der Waals surface area contributed by atoms with Gasteiger partial charge in [-0.25, -0.2) is 0 Å². The van der Waals surface area contributed by atoms with Gasteiger partial charge in [0.2, 0.25) is 0 Å². The highest BCUT2D eigenvalue weighted by Gasteiger charge is 2.19. The Morgan fingerprint density at radius 1 is 1.17 bits per heavy atom. The van der Waals surface area contributed by atoms with Crippen LogP contribution in [0.2, 0.25) is 0 Å². The lowest BCUT2D eigenvalue weighted by Gasteiger charge is -2.09. The second-order valence-corrected chi connectivity index (χ2v) is 6.66. The molecule has 0 aliphatic rings. The van der Waals surface area contributed by atoms with Gasteiger partial charge in [0, 0.05) is 4.88 Å². The normalized spacial score (nSPS) is 10.4. The Morgan fingerprint density at radius 3 is 2.48 bits per heavy atom. The lowest BCUT2D eigenvalue weighted by atomic mass is 10.1. The number of anilines is 1. The van der Waals surface area contributed by atoms with Crippen LogP contribution in [-0.2, 0) is 4.79 Å². The number of carbonyl (C=O) groups excluding carboxylic acids is 2. The van der Waals surface area contributed by atoms with Gasteiger partial charge in [0.15, 0.2) is 6.61 Å². The molecule has 0 bridgehead atoms. The number of aryl methyl sites for hydroxylation is 3. The Bertz CT molecular complexity index is 765. The minimum Gasteiger partial charge on any atom is -0.484 e. The van der Waals surface area contributed by atoms with Gasteiger partial charge in [-0.05, 0) is 56.5 Å². The zero-order valence-electron chi connectivity index (χ0n) is 13.6.